The molecule has 7 heteroatoms. The van der Waals surface area contributed by atoms with Crippen LogP contribution in [0.4, 0.5) is 11.7 Å². The molecule has 0 aromatic carbocycles. The molecule has 2 aromatic heterocycles. The fraction of sp³-hybridized carbons (Fsp3) is 0.100. The van der Waals surface area contributed by atoms with Gasteiger partial charge < -0.3 is 9.73 Å². The maximum atomic E-state index is 11.4. The number of aromatic nitrogens is 1. The van der Waals surface area contributed by atoms with Crippen LogP contribution in [0.25, 0.3) is 0 Å². The number of furan rings is 1. The summed E-state index contributed by atoms with van der Waals surface area (Å²) < 4.78 is 27.9. The van der Waals surface area contributed by atoms with E-state index in [0.29, 0.717) is 11.4 Å². The third-order valence-electron chi connectivity index (χ3n) is 2.11. The Bertz CT molecular complexity index is 620. The van der Waals surface area contributed by atoms with Gasteiger partial charge in [0.1, 0.15) is 10.7 Å². The zero-order chi connectivity index (χ0) is 12.5. The topological polar surface area (TPSA) is 98.2 Å². The number of pyridine rings is 1. The van der Waals surface area contributed by atoms with Gasteiger partial charge in [0.15, 0.2) is 0 Å². The molecule has 0 saturated heterocycles. The highest BCUT2D eigenvalue weighted by Gasteiger charge is 2.21. The van der Waals surface area contributed by atoms with E-state index in [1.807, 2.05) is 0 Å². The summed E-state index contributed by atoms with van der Waals surface area (Å²) in [4.78, 5) is 3.95. The van der Waals surface area contributed by atoms with Crippen molar-refractivity contribution in [3.8, 4) is 0 Å². The number of nitrogens with zero attached hydrogens (tertiary/aromatic N) is 1. The summed E-state index contributed by atoms with van der Waals surface area (Å²) in [7, 11) is -3.82. The number of rotatable bonds is 3. The van der Waals surface area contributed by atoms with E-state index in [-0.39, 0.29) is 10.8 Å². The molecule has 0 unspecified atom stereocenters. The van der Waals surface area contributed by atoms with E-state index in [0.717, 1.165) is 0 Å². The Morgan fingerprint density at radius 2 is 2.18 bits per heavy atom. The van der Waals surface area contributed by atoms with Crippen LogP contribution in [0.1, 0.15) is 5.56 Å². The lowest BCUT2D eigenvalue weighted by molar-refractivity contribution is 0.573. The molecule has 6 nitrogen and oxygen atoms in total. The van der Waals surface area contributed by atoms with Gasteiger partial charge in [0.25, 0.3) is 0 Å². The summed E-state index contributed by atoms with van der Waals surface area (Å²) in [5.74, 6) is 0.551. The lowest BCUT2D eigenvalue weighted by Gasteiger charge is -2.04. The molecule has 90 valence electrons. The maximum absolute atomic E-state index is 11.4. The number of sulfonamides is 1. The molecule has 0 spiro atoms. The third-order valence-corrected chi connectivity index (χ3v) is 3.19. The van der Waals surface area contributed by atoms with E-state index < -0.39 is 10.0 Å². The number of nitrogens with two attached hydrogens (primary N) is 1. The molecule has 17 heavy (non-hydrogen) atoms. The van der Waals surface area contributed by atoms with Crippen molar-refractivity contribution in [1.29, 1.82) is 0 Å². The molecule has 2 heterocycles. The van der Waals surface area contributed by atoms with E-state index in [2.05, 4.69) is 10.3 Å². The monoisotopic (exact) mass is 253 g/mol. The minimum absolute atomic E-state index is 0.0526. The van der Waals surface area contributed by atoms with Crippen LogP contribution in [0.2, 0.25) is 0 Å². The average molecular weight is 253 g/mol. The zero-order valence-corrected chi connectivity index (χ0v) is 9.86. The van der Waals surface area contributed by atoms with Crippen LogP contribution in [0.5, 0.6) is 0 Å². The van der Waals surface area contributed by atoms with E-state index >= 15 is 0 Å². The third kappa shape index (κ3) is 2.45. The van der Waals surface area contributed by atoms with Crippen LogP contribution in [-0.2, 0) is 10.0 Å². The summed E-state index contributed by atoms with van der Waals surface area (Å²) in [6.07, 6.45) is 2.90. The predicted octanol–water partition coefficient (Wildman–Crippen LogP) is 1.37. The summed E-state index contributed by atoms with van der Waals surface area (Å²) in [6.45, 7) is 1.60. The number of nitrogens with one attached hydrogen (secondary N) is 1. The predicted molar refractivity (Wildman–Crippen MR) is 62.3 cm³/mol. The Labute approximate surface area is 98.5 Å². The minimum Gasteiger partial charge on any atom is -0.447 e. The first-order chi connectivity index (χ1) is 7.98. The van der Waals surface area contributed by atoms with Gasteiger partial charge in [0, 0.05) is 11.8 Å². The van der Waals surface area contributed by atoms with Gasteiger partial charge >= 0.3 is 0 Å². The fourth-order valence-electron chi connectivity index (χ4n) is 1.43. The van der Waals surface area contributed by atoms with Crippen molar-refractivity contribution in [3.63, 3.8) is 0 Å². The second-order valence-electron chi connectivity index (χ2n) is 3.46. The van der Waals surface area contributed by atoms with Crippen LogP contribution in [0.15, 0.2) is 40.0 Å². The van der Waals surface area contributed by atoms with Gasteiger partial charge in [0.2, 0.25) is 15.9 Å². The SMILES string of the molecule is Cc1coc(Nc2ccccn2)c1S(N)(=O)=O. The summed E-state index contributed by atoms with van der Waals surface area (Å²) in [5.41, 5.74) is 0.450. The first kappa shape index (κ1) is 11.6. The Morgan fingerprint density at radius 3 is 2.76 bits per heavy atom. The molecule has 0 radical (unpaired) electrons. The van der Waals surface area contributed by atoms with E-state index in [1.165, 1.54) is 6.26 Å². The highest BCUT2D eigenvalue weighted by atomic mass is 32.2. The largest absolute Gasteiger partial charge is 0.447 e. The molecule has 2 aromatic rings. The number of hydrogen-bond donors (Lipinski definition) is 2. The molecule has 0 aliphatic carbocycles. The standard InChI is InChI=1S/C10H11N3O3S/c1-7-6-16-10(9(7)17(11,14)15)13-8-4-2-3-5-12-8/h2-6H,1H3,(H,12,13)(H2,11,14,15). The fourth-order valence-corrected chi connectivity index (χ4v) is 2.28. The highest BCUT2D eigenvalue weighted by Crippen LogP contribution is 2.27. The van der Waals surface area contributed by atoms with Gasteiger partial charge in [-0.15, -0.1) is 0 Å². The van der Waals surface area contributed by atoms with E-state index in [9.17, 15) is 8.42 Å². The van der Waals surface area contributed by atoms with Gasteiger partial charge in [-0.1, -0.05) is 6.07 Å². The van der Waals surface area contributed by atoms with E-state index in [4.69, 9.17) is 9.56 Å². The first-order valence-corrected chi connectivity index (χ1v) is 6.32. The molecule has 0 atom stereocenters. The van der Waals surface area contributed by atoms with Crippen LogP contribution >= 0.6 is 0 Å². The van der Waals surface area contributed by atoms with Gasteiger partial charge in [-0.2, -0.15) is 0 Å². The van der Waals surface area contributed by atoms with Crippen molar-refractivity contribution >= 4 is 21.7 Å². The minimum atomic E-state index is -3.82. The van der Waals surface area contributed by atoms with Gasteiger partial charge in [-0.05, 0) is 19.1 Å². The quantitative estimate of drug-likeness (QED) is 0.860. The number of hydrogen-bond acceptors (Lipinski definition) is 5. The van der Waals surface area contributed by atoms with Crippen LogP contribution < -0.4 is 10.5 Å². The average Bonchev–Trinajstić information content (AvgIpc) is 2.60. The highest BCUT2D eigenvalue weighted by molar-refractivity contribution is 7.89. The second-order valence-corrected chi connectivity index (χ2v) is 4.96. The molecule has 2 rings (SSSR count). The smallest absolute Gasteiger partial charge is 0.243 e. The van der Waals surface area contributed by atoms with E-state index in [1.54, 1.807) is 31.3 Å². The Balaban J connectivity index is 2.42. The Kier molecular flexibility index (Phi) is 2.86. The Morgan fingerprint density at radius 1 is 1.41 bits per heavy atom. The second kappa shape index (κ2) is 4.19. The van der Waals surface area contributed by atoms with Crippen LogP contribution in [0, 0.1) is 6.92 Å². The van der Waals surface area contributed by atoms with Crippen molar-refractivity contribution in [2.75, 3.05) is 5.32 Å². The van der Waals surface area contributed by atoms with Crippen molar-refractivity contribution in [2.45, 2.75) is 11.8 Å². The van der Waals surface area contributed by atoms with Gasteiger partial charge in [-0.25, -0.2) is 18.5 Å². The maximum Gasteiger partial charge on any atom is 0.243 e. The molecule has 0 aliphatic rings. The number of aryl methyl sites for hydroxylation is 1. The van der Waals surface area contributed by atoms with Crippen molar-refractivity contribution in [3.05, 3.63) is 36.2 Å². The normalized spacial score (nSPS) is 11.4. The molecule has 0 fully saturated rings. The summed E-state index contributed by atoms with van der Waals surface area (Å²) in [6, 6.07) is 5.20. The lowest BCUT2D eigenvalue weighted by atomic mass is 10.4. The van der Waals surface area contributed by atoms with Gasteiger partial charge in [0.05, 0.1) is 6.26 Å². The van der Waals surface area contributed by atoms with Crippen LogP contribution in [-0.4, -0.2) is 13.4 Å². The Hall–Kier alpha value is -1.86. The molecule has 0 bridgehead atoms. The lowest BCUT2D eigenvalue weighted by Crippen LogP contribution is -2.14. The van der Waals surface area contributed by atoms with Crippen molar-refractivity contribution in [2.24, 2.45) is 5.14 Å². The number of anilines is 2. The summed E-state index contributed by atoms with van der Waals surface area (Å²) in [5, 5.41) is 7.87. The van der Waals surface area contributed by atoms with Crippen LogP contribution in [0.3, 0.4) is 0 Å². The molecule has 0 aliphatic heterocycles. The number of primary sulfonamides is 1. The van der Waals surface area contributed by atoms with Crippen molar-refractivity contribution in [1.82, 2.24) is 4.98 Å². The summed E-state index contributed by atoms with van der Waals surface area (Å²) >= 11 is 0. The molecule has 0 amide bonds. The van der Waals surface area contributed by atoms with Gasteiger partial charge in [-0.3, -0.25) is 0 Å². The molecular formula is C10H11N3O3S. The molecule has 3 N–H and O–H groups in total. The van der Waals surface area contributed by atoms with Crippen molar-refractivity contribution < 1.29 is 12.8 Å². The molecule has 0 saturated carbocycles. The first-order valence-electron chi connectivity index (χ1n) is 4.77. The zero-order valence-electron chi connectivity index (χ0n) is 9.04. The molecular weight excluding hydrogens is 242 g/mol.